The second kappa shape index (κ2) is 8.04. The summed E-state index contributed by atoms with van der Waals surface area (Å²) in [5.74, 6) is -0.305. The van der Waals surface area contributed by atoms with E-state index < -0.39 is 0 Å². The summed E-state index contributed by atoms with van der Waals surface area (Å²) in [6, 6.07) is 13.0. The van der Waals surface area contributed by atoms with E-state index in [4.69, 9.17) is 11.6 Å². The highest BCUT2D eigenvalue weighted by atomic mass is 35.5. The fraction of sp³-hybridized carbons (Fsp3) is 0.333. The highest BCUT2D eigenvalue weighted by Gasteiger charge is 2.02. The van der Waals surface area contributed by atoms with Crippen LogP contribution in [0.3, 0.4) is 0 Å². The van der Waals surface area contributed by atoms with Gasteiger partial charge in [-0.15, -0.1) is 0 Å². The number of halogens is 2. The number of benzene rings is 2. The molecule has 0 aliphatic heterocycles. The fourth-order valence-electron chi connectivity index (χ4n) is 2.23. The van der Waals surface area contributed by atoms with Crippen LogP contribution in [0.15, 0.2) is 42.5 Å². The predicted molar refractivity (Wildman–Crippen MR) is 88.4 cm³/mol. The minimum absolute atomic E-state index is 0.305. The molecule has 0 aliphatic carbocycles. The van der Waals surface area contributed by atoms with E-state index in [1.165, 1.54) is 37.0 Å². The number of nitrogens with one attached hydrogen (secondary N) is 1. The Bertz CT molecular complexity index is 566. The van der Waals surface area contributed by atoms with Gasteiger partial charge in [-0.25, -0.2) is 4.39 Å². The fourth-order valence-corrected chi connectivity index (χ4v) is 2.46. The van der Waals surface area contributed by atoms with E-state index in [2.05, 4.69) is 36.5 Å². The zero-order valence-electron chi connectivity index (χ0n) is 12.3. The van der Waals surface area contributed by atoms with E-state index in [1.54, 1.807) is 6.07 Å². The molecule has 0 aromatic heterocycles. The molecule has 0 fully saturated rings. The van der Waals surface area contributed by atoms with Crippen molar-refractivity contribution in [2.75, 3.05) is 5.32 Å². The van der Waals surface area contributed by atoms with Crippen LogP contribution >= 0.6 is 11.6 Å². The van der Waals surface area contributed by atoms with Crippen LogP contribution in [0.2, 0.25) is 5.02 Å². The summed E-state index contributed by atoms with van der Waals surface area (Å²) < 4.78 is 13.0. The molecule has 0 aliphatic rings. The first-order valence-corrected chi connectivity index (χ1v) is 7.83. The van der Waals surface area contributed by atoms with E-state index >= 15 is 0 Å². The summed E-state index contributed by atoms with van der Waals surface area (Å²) in [4.78, 5) is 0. The Morgan fingerprint density at radius 3 is 2.48 bits per heavy atom. The van der Waals surface area contributed by atoms with Gasteiger partial charge in [0, 0.05) is 17.3 Å². The van der Waals surface area contributed by atoms with Gasteiger partial charge in [0.2, 0.25) is 0 Å². The molecule has 3 heteroatoms. The Balaban J connectivity index is 1.88. The van der Waals surface area contributed by atoms with Crippen molar-refractivity contribution < 1.29 is 4.39 Å². The minimum Gasteiger partial charge on any atom is -0.381 e. The molecular weight excluding hydrogens is 285 g/mol. The molecule has 2 aromatic rings. The van der Waals surface area contributed by atoms with Crippen molar-refractivity contribution in [1.29, 1.82) is 0 Å². The molecule has 2 rings (SSSR count). The number of hydrogen-bond donors (Lipinski definition) is 1. The lowest BCUT2D eigenvalue weighted by molar-refractivity contribution is 0.627. The van der Waals surface area contributed by atoms with Gasteiger partial charge in [0.15, 0.2) is 0 Å². The third-order valence-electron chi connectivity index (χ3n) is 3.52. The molecule has 0 saturated carbocycles. The van der Waals surface area contributed by atoms with Crippen LogP contribution in [-0.2, 0) is 13.0 Å². The molecule has 0 radical (unpaired) electrons. The molecule has 0 amide bonds. The van der Waals surface area contributed by atoms with Crippen LogP contribution in [-0.4, -0.2) is 0 Å². The third kappa shape index (κ3) is 5.05. The lowest BCUT2D eigenvalue weighted by Gasteiger charge is -2.09. The van der Waals surface area contributed by atoms with Crippen molar-refractivity contribution in [3.63, 3.8) is 0 Å². The van der Waals surface area contributed by atoms with Gasteiger partial charge in [0.1, 0.15) is 5.82 Å². The van der Waals surface area contributed by atoms with Crippen LogP contribution < -0.4 is 5.32 Å². The highest BCUT2D eigenvalue weighted by molar-refractivity contribution is 6.31. The molecule has 0 spiro atoms. The molecule has 21 heavy (non-hydrogen) atoms. The molecule has 0 unspecified atom stereocenters. The molecule has 1 N–H and O–H groups in total. The molecule has 0 atom stereocenters. The van der Waals surface area contributed by atoms with Crippen LogP contribution in [0, 0.1) is 5.82 Å². The number of unbranched alkanes of at least 4 members (excludes halogenated alkanes) is 2. The Kier molecular flexibility index (Phi) is 6.06. The Morgan fingerprint density at radius 2 is 1.81 bits per heavy atom. The maximum absolute atomic E-state index is 13.0. The van der Waals surface area contributed by atoms with Crippen LogP contribution in [0.25, 0.3) is 0 Å². The monoisotopic (exact) mass is 305 g/mol. The molecule has 0 heterocycles. The first kappa shape index (κ1) is 15.8. The van der Waals surface area contributed by atoms with Crippen molar-refractivity contribution in [3.05, 3.63) is 64.4 Å². The lowest BCUT2D eigenvalue weighted by atomic mass is 10.1. The number of anilines is 1. The zero-order valence-corrected chi connectivity index (χ0v) is 13.1. The molecule has 112 valence electrons. The molecule has 2 aromatic carbocycles. The molecule has 0 bridgehead atoms. The first-order chi connectivity index (χ1) is 10.2. The standard InChI is InChI=1S/C18H21ClFN/c1-2-3-4-5-14-6-10-17(11-7-14)21-13-15-8-9-16(20)12-18(15)19/h6-12,21H,2-5,13H2,1H3. The molecule has 1 nitrogen and oxygen atoms in total. The van der Waals surface area contributed by atoms with Crippen LogP contribution in [0.5, 0.6) is 0 Å². The van der Waals surface area contributed by atoms with E-state index in [0.29, 0.717) is 11.6 Å². The average Bonchev–Trinajstić information content (AvgIpc) is 2.48. The van der Waals surface area contributed by atoms with Gasteiger partial charge in [-0.2, -0.15) is 0 Å². The Morgan fingerprint density at radius 1 is 1.05 bits per heavy atom. The minimum atomic E-state index is -0.305. The van der Waals surface area contributed by atoms with Gasteiger partial charge >= 0.3 is 0 Å². The predicted octanol–water partition coefficient (Wildman–Crippen LogP) is 5.82. The van der Waals surface area contributed by atoms with Gasteiger partial charge in [-0.3, -0.25) is 0 Å². The van der Waals surface area contributed by atoms with E-state index in [9.17, 15) is 4.39 Å². The summed E-state index contributed by atoms with van der Waals surface area (Å²) in [5, 5.41) is 3.77. The van der Waals surface area contributed by atoms with Gasteiger partial charge in [-0.05, 0) is 48.2 Å². The largest absolute Gasteiger partial charge is 0.381 e. The van der Waals surface area contributed by atoms with E-state index in [0.717, 1.165) is 17.7 Å². The normalized spacial score (nSPS) is 10.6. The average molecular weight is 306 g/mol. The Labute approximate surface area is 131 Å². The maximum atomic E-state index is 13.0. The topological polar surface area (TPSA) is 12.0 Å². The maximum Gasteiger partial charge on any atom is 0.124 e. The number of rotatable bonds is 7. The molecule has 0 saturated heterocycles. The zero-order chi connectivity index (χ0) is 15.1. The van der Waals surface area contributed by atoms with Gasteiger partial charge in [0.25, 0.3) is 0 Å². The van der Waals surface area contributed by atoms with E-state index in [-0.39, 0.29) is 5.82 Å². The molecular formula is C18H21ClFN. The van der Waals surface area contributed by atoms with Crippen molar-refractivity contribution in [1.82, 2.24) is 0 Å². The smallest absolute Gasteiger partial charge is 0.124 e. The van der Waals surface area contributed by atoms with Gasteiger partial charge < -0.3 is 5.32 Å². The van der Waals surface area contributed by atoms with Crippen molar-refractivity contribution in [2.45, 2.75) is 39.2 Å². The summed E-state index contributed by atoms with van der Waals surface area (Å²) in [7, 11) is 0. The second-order valence-electron chi connectivity index (χ2n) is 5.24. The van der Waals surface area contributed by atoms with Crippen LogP contribution in [0.1, 0.15) is 37.3 Å². The summed E-state index contributed by atoms with van der Waals surface area (Å²) >= 11 is 6.01. The SMILES string of the molecule is CCCCCc1ccc(NCc2ccc(F)cc2Cl)cc1. The lowest BCUT2D eigenvalue weighted by Crippen LogP contribution is -2.00. The van der Waals surface area contributed by atoms with Gasteiger partial charge in [0.05, 0.1) is 0 Å². The number of hydrogen-bond acceptors (Lipinski definition) is 1. The van der Waals surface area contributed by atoms with Crippen molar-refractivity contribution >= 4 is 17.3 Å². The van der Waals surface area contributed by atoms with Gasteiger partial charge in [-0.1, -0.05) is 49.6 Å². The number of aryl methyl sites for hydroxylation is 1. The highest BCUT2D eigenvalue weighted by Crippen LogP contribution is 2.19. The second-order valence-corrected chi connectivity index (χ2v) is 5.65. The van der Waals surface area contributed by atoms with Crippen molar-refractivity contribution in [3.8, 4) is 0 Å². The van der Waals surface area contributed by atoms with Crippen molar-refractivity contribution in [2.24, 2.45) is 0 Å². The Hall–Kier alpha value is -1.54. The quantitative estimate of drug-likeness (QED) is 0.635. The summed E-state index contributed by atoms with van der Waals surface area (Å²) in [6.07, 6.45) is 4.91. The van der Waals surface area contributed by atoms with Crippen LogP contribution in [0.4, 0.5) is 10.1 Å². The van der Waals surface area contributed by atoms with E-state index in [1.807, 2.05) is 0 Å². The summed E-state index contributed by atoms with van der Waals surface area (Å²) in [6.45, 7) is 2.81. The summed E-state index contributed by atoms with van der Waals surface area (Å²) in [5.41, 5.74) is 3.31. The third-order valence-corrected chi connectivity index (χ3v) is 3.87. The first-order valence-electron chi connectivity index (χ1n) is 7.46.